The molecule has 0 N–H and O–H groups in total. The molecule has 3 aliphatic rings. The molecular weight excluding hydrogens is 683 g/mol. The number of rotatable bonds is 5. The molecule has 0 nitrogen and oxygen atoms in total. The van der Waals surface area contributed by atoms with Crippen LogP contribution in [0.1, 0.15) is 118 Å². The molecule has 0 aliphatic heterocycles. The van der Waals surface area contributed by atoms with Gasteiger partial charge in [-0.3, -0.25) is 0 Å². The maximum atomic E-state index is 2.86. The van der Waals surface area contributed by atoms with Crippen LogP contribution in [0.4, 0.5) is 0 Å². The molecule has 0 heterocycles. The summed E-state index contributed by atoms with van der Waals surface area (Å²) in [5.41, 5.74) is 12.3. The zero-order valence-corrected chi connectivity index (χ0v) is 32.1. The Balaban J connectivity index is 1.76. The standard InChI is InChI=1S/C21H25.C14H18.C5H5.2CH3.Hf/c1-20(2,3)16-7-9-18-14(12-16)11-15-13-17(21(4,5)6)8-10-19(15)18;1-11(2)14-8-6-13(7-9-14)10-12-4-3-5-12;1-2-4-5-3-1;;;/h7-13H,1-6H3;6-9,11-12H,3-5H2,1-2H3;1-5H;2*1H3;. The SMILES string of the molecule is CC(C)c1ccc([C](C2CCC2)=[Hf]([CH3])([CH3])([CH]2C=CC=C2)[CH]2c3cc(C(C)(C)C)ccc3-c3ccc(C(C)(C)C)cc32)cc1. The minimum atomic E-state index is -4.26. The van der Waals surface area contributed by atoms with Crippen molar-refractivity contribution >= 4 is 3.26 Å². The molecule has 0 aromatic heterocycles. The van der Waals surface area contributed by atoms with E-state index in [9.17, 15) is 0 Å². The molecule has 0 saturated heterocycles. The van der Waals surface area contributed by atoms with E-state index in [1.54, 1.807) is 11.1 Å². The number of benzene rings is 3. The Kier molecular flexibility index (Phi) is 7.52. The minimum absolute atomic E-state index is 0.110. The summed E-state index contributed by atoms with van der Waals surface area (Å²) in [6.07, 6.45) is 13.9. The van der Waals surface area contributed by atoms with E-state index in [1.807, 2.05) is 3.26 Å². The van der Waals surface area contributed by atoms with Gasteiger partial charge in [0.15, 0.2) is 0 Å². The molecule has 1 heteroatoms. The molecule has 0 unspecified atom stereocenters. The monoisotopic (exact) mass is 738 g/mol. The van der Waals surface area contributed by atoms with E-state index >= 15 is 0 Å². The van der Waals surface area contributed by atoms with E-state index in [4.69, 9.17) is 0 Å². The first-order valence-corrected chi connectivity index (χ1v) is 30.0. The number of fused-ring (bicyclic) bond motifs is 3. The van der Waals surface area contributed by atoms with Gasteiger partial charge < -0.3 is 0 Å². The van der Waals surface area contributed by atoms with Crippen LogP contribution in [0.15, 0.2) is 85.0 Å². The van der Waals surface area contributed by atoms with Crippen LogP contribution in [-0.4, -0.2) is 3.26 Å². The van der Waals surface area contributed by atoms with Crippen LogP contribution in [0.5, 0.6) is 0 Å². The van der Waals surface area contributed by atoms with Crippen molar-refractivity contribution in [3.8, 4) is 11.1 Å². The van der Waals surface area contributed by atoms with E-state index in [1.165, 1.54) is 52.6 Å². The fraction of sp³-hybridized carbons (Fsp3) is 0.452. The Bertz CT molecular complexity index is 1610. The van der Waals surface area contributed by atoms with Crippen molar-refractivity contribution in [2.24, 2.45) is 5.92 Å². The van der Waals surface area contributed by atoms with Gasteiger partial charge in [0.25, 0.3) is 0 Å². The van der Waals surface area contributed by atoms with E-state index in [-0.39, 0.29) is 10.8 Å². The second-order valence-electron chi connectivity index (χ2n) is 17.3. The van der Waals surface area contributed by atoms with Gasteiger partial charge in [-0.1, -0.05) is 0 Å². The summed E-state index contributed by atoms with van der Waals surface area (Å²) >= 11 is -4.26. The van der Waals surface area contributed by atoms with Crippen molar-refractivity contribution < 1.29 is 18.0 Å². The van der Waals surface area contributed by atoms with Crippen LogP contribution >= 0.6 is 0 Å². The summed E-state index contributed by atoms with van der Waals surface area (Å²) in [7, 11) is 0. The summed E-state index contributed by atoms with van der Waals surface area (Å²) in [6.45, 7) is 18.9. The molecule has 226 valence electrons. The van der Waals surface area contributed by atoms with Crippen LogP contribution < -0.4 is 0 Å². The summed E-state index contributed by atoms with van der Waals surface area (Å²) < 4.78 is 8.57. The fourth-order valence-corrected chi connectivity index (χ4v) is 35.8. The fourth-order valence-electron chi connectivity index (χ4n) is 8.78. The normalized spacial score (nSPS) is 17.9. The Labute approximate surface area is 263 Å². The third-order valence-electron chi connectivity index (χ3n) is 11.7. The van der Waals surface area contributed by atoms with Gasteiger partial charge in [0.2, 0.25) is 0 Å². The molecule has 6 rings (SSSR count). The van der Waals surface area contributed by atoms with Crippen molar-refractivity contribution in [1.82, 2.24) is 0 Å². The van der Waals surface area contributed by atoms with Crippen LogP contribution in [0.2, 0.25) is 13.0 Å². The first-order valence-electron chi connectivity index (χ1n) is 16.9. The van der Waals surface area contributed by atoms with E-state index in [2.05, 4.69) is 150 Å². The first kappa shape index (κ1) is 30.9. The topological polar surface area (TPSA) is 0 Å². The van der Waals surface area contributed by atoms with Gasteiger partial charge in [-0.05, 0) is 0 Å². The van der Waals surface area contributed by atoms with Gasteiger partial charge in [-0.15, -0.1) is 0 Å². The number of hydrogen-bond acceptors (Lipinski definition) is 0. The molecule has 0 bridgehead atoms. The van der Waals surface area contributed by atoms with Gasteiger partial charge in [-0.2, -0.15) is 0 Å². The molecule has 1 fully saturated rings. The molecular formula is C42H54Hf. The third kappa shape index (κ3) is 5.01. The molecule has 3 aliphatic carbocycles. The molecule has 0 spiro atoms. The van der Waals surface area contributed by atoms with Gasteiger partial charge in [0.05, 0.1) is 0 Å². The molecule has 3 aromatic rings. The third-order valence-corrected chi connectivity index (χ3v) is 37.6. The zero-order valence-electron chi connectivity index (χ0n) is 28.5. The van der Waals surface area contributed by atoms with Crippen molar-refractivity contribution in [1.29, 1.82) is 0 Å². The van der Waals surface area contributed by atoms with Gasteiger partial charge in [-0.25, -0.2) is 0 Å². The second-order valence-corrected chi connectivity index (χ2v) is 42.4. The Morgan fingerprint density at radius 1 is 0.698 bits per heavy atom. The molecule has 1 saturated carbocycles. The van der Waals surface area contributed by atoms with Crippen LogP contribution in [-0.2, 0) is 28.8 Å². The second kappa shape index (κ2) is 10.5. The van der Waals surface area contributed by atoms with Crippen molar-refractivity contribution in [3.63, 3.8) is 0 Å². The quantitative estimate of drug-likeness (QED) is 0.229. The summed E-state index contributed by atoms with van der Waals surface area (Å²) in [6, 6.07) is 25.0. The summed E-state index contributed by atoms with van der Waals surface area (Å²) in [5, 5.41) is 0. The zero-order chi connectivity index (χ0) is 31.0. The predicted molar refractivity (Wildman–Crippen MR) is 187 cm³/mol. The maximum absolute atomic E-state index is 4.26. The Hall–Kier alpha value is -2.12. The van der Waals surface area contributed by atoms with Gasteiger partial charge in [0.1, 0.15) is 0 Å². The van der Waals surface area contributed by atoms with Crippen molar-refractivity contribution in [2.45, 2.75) is 108 Å². The van der Waals surface area contributed by atoms with E-state index in [0.717, 1.165) is 0 Å². The van der Waals surface area contributed by atoms with Crippen LogP contribution in [0.3, 0.4) is 0 Å². The molecule has 43 heavy (non-hydrogen) atoms. The van der Waals surface area contributed by atoms with Crippen LogP contribution in [0, 0.1) is 5.92 Å². The van der Waals surface area contributed by atoms with Crippen molar-refractivity contribution in [3.05, 3.63) is 118 Å². The molecule has 0 radical (unpaired) electrons. The Morgan fingerprint density at radius 3 is 1.58 bits per heavy atom. The van der Waals surface area contributed by atoms with E-state index in [0.29, 0.717) is 19.2 Å². The van der Waals surface area contributed by atoms with Crippen molar-refractivity contribution in [2.75, 3.05) is 0 Å². The van der Waals surface area contributed by atoms with Gasteiger partial charge >= 0.3 is 265 Å². The first-order chi connectivity index (χ1) is 20.1. The predicted octanol–water partition coefficient (Wildman–Crippen LogP) is 12.2. The number of allylic oxidation sites excluding steroid dienone is 4. The summed E-state index contributed by atoms with van der Waals surface area (Å²) in [5.74, 6) is 1.25. The molecule has 3 aromatic carbocycles. The molecule has 0 atom stereocenters. The molecule has 0 amide bonds. The van der Waals surface area contributed by atoms with E-state index < -0.39 is 18.0 Å². The summed E-state index contributed by atoms with van der Waals surface area (Å²) in [4.78, 5) is 0. The Morgan fingerprint density at radius 2 is 1.19 bits per heavy atom. The van der Waals surface area contributed by atoms with Crippen LogP contribution in [0.25, 0.3) is 11.1 Å². The average Bonchev–Trinajstić information content (AvgIpc) is 3.57. The average molecular weight is 737 g/mol. The number of hydrogen-bond donors (Lipinski definition) is 0. The van der Waals surface area contributed by atoms with Gasteiger partial charge in [0, 0.05) is 0 Å².